The lowest BCUT2D eigenvalue weighted by molar-refractivity contribution is 1.10. The average Bonchev–Trinajstić information content (AvgIpc) is 2.74. The maximum Gasteiger partial charge on any atom is 0.0792 e. The molecule has 1 heterocycles. The summed E-state index contributed by atoms with van der Waals surface area (Å²) in [5.74, 6) is 2.94. The predicted molar refractivity (Wildman–Crippen MR) is 61.4 cm³/mol. The molecule has 2 rings (SSSR count). The van der Waals surface area contributed by atoms with E-state index in [0.717, 1.165) is 0 Å². The average molecular weight is 198 g/mol. The number of hydrogen-bond donors (Lipinski definition) is 0. The third-order valence-electron chi connectivity index (χ3n) is 2.13. The minimum atomic E-state index is 0.108. The van der Waals surface area contributed by atoms with E-state index in [2.05, 4.69) is 29.5 Å². The first-order valence-electron chi connectivity index (χ1n) is 4.46. The number of rotatable bonds is 2. The standard InChI is InChI=1S/C13H10S/c1-2-12(13-9-6-10-14-13)11-7-4-3-5-8-11/h1,3-10,12H. The van der Waals surface area contributed by atoms with Crippen molar-refractivity contribution in [1.82, 2.24) is 0 Å². The Morgan fingerprint density at radius 3 is 2.43 bits per heavy atom. The van der Waals surface area contributed by atoms with Crippen molar-refractivity contribution in [1.29, 1.82) is 0 Å². The molecule has 0 bridgehead atoms. The molecule has 0 radical (unpaired) electrons. The minimum Gasteiger partial charge on any atom is -0.147 e. The van der Waals surface area contributed by atoms with Gasteiger partial charge in [-0.1, -0.05) is 42.3 Å². The van der Waals surface area contributed by atoms with Crippen molar-refractivity contribution in [3.63, 3.8) is 0 Å². The minimum absolute atomic E-state index is 0.108. The van der Waals surface area contributed by atoms with Crippen LogP contribution in [0.4, 0.5) is 0 Å². The van der Waals surface area contributed by atoms with Crippen LogP contribution in [0, 0.1) is 12.3 Å². The lowest BCUT2D eigenvalue weighted by Gasteiger charge is -2.07. The van der Waals surface area contributed by atoms with Gasteiger partial charge in [0.15, 0.2) is 0 Å². The Morgan fingerprint density at radius 1 is 1.07 bits per heavy atom. The van der Waals surface area contributed by atoms with Gasteiger partial charge in [-0.15, -0.1) is 17.8 Å². The van der Waals surface area contributed by atoms with Gasteiger partial charge in [0.05, 0.1) is 5.92 Å². The van der Waals surface area contributed by atoms with Gasteiger partial charge in [-0.25, -0.2) is 0 Å². The van der Waals surface area contributed by atoms with Crippen LogP contribution in [0.2, 0.25) is 0 Å². The molecular formula is C13H10S. The van der Waals surface area contributed by atoms with Crippen molar-refractivity contribution in [2.75, 3.05) is 0 Å². The van der Waals surface area contributed by atoms with Crippen molar-refractivity contribution in [3.05, 3.63) is 58.3 Å². The molecule has 0 nitrogen and oxygen atoms in total. The monoisotopic (exact) mass is 198 g/mol. The van der Waals surface area contributed by atoms with Gasteiger partial charge in [0, 0.05) is 4.88 Å². The summed E-state index contributed by atoms with van der Waals surface area (Å²) in [6.07, 6.45) is 5.55. The molecule has 0 aliphatic rings. The Labute approximate surface area is 88.2 Å². The summed E-state index contributed by atoms with van der Waals surface area (Å²) >= 11 is 1.71. The fourth-order valence-electron chi connectivity index (χ4n) is 1.44. The normalized spacial score (nSPS) is 11.9. The van der Waals surface area contributed by atoms with E-state index < -0.39 is 0 Å². The lowest BCUT2D eigenvalue weighted by atomic mass is 9.99. The highest BCUT2D eigenvalue weighted by molar-refractivity contribution is 7.10. The Bertz CT molecular complexity index is 420. The zero-order valence-corrected chi connectivity index (χ0v) is 8.50. The van der Waals surface area contributed by atoms with Gasteiger partial charge in [0.25, 0.3) is 0 Å². The van der Waals surface area contributed by atoms with Gasteiger partial charge in [0.1, 0.15) is 0 Å². The fourth-order valence-corrected chi connectivity index (χ4v) is 2.26. The van der Waals surface area contributed by atoms with Crippen LogP contribution >= 0.6 is 11.3 Å². The second-order valence-corrected chi connectivity index (χ2v) is 4.01. The van der Waals surface area contributed by atoms with Gasteiger partial charge in [-0.05, 0) is 17.0 Å². The molecule has 0 saturated heterocycles. The lowest BCUT2D eigenvalue weighted by Crippen LogP contribution is -1.94. The molecule has 1 aromatic carbocycles. The zero-order chi connectivity index (χ0) is 9.80. The summed E-state index contributed by atoms with van der Waals surface area (Å²) in [6, 6.07) is 14.3. The maximum absolute atomic E-state index is 5.55. The van der Waals surface area contributed by atoms with Crippen LogP contribution < -0.4 is 0 Å². The summed E-state index contributed by atoms with van der Waals surface area (Å²) in [4.78, 5) is 1.23. The third kappa shape index (κ3) is 1.71. The third-order valence-corrected chi connectivity index (χ3v) is 3.06. The van der Waals surface area contributed by atoms with Crippen LogP contribution in [0.1, 0.15) is 16.4 Å². The predicted octanol–water partition coefficient (Wildman–Crippen LogP) is 3.51. The first-order chi connectivity index (χ1) is 6.92. The Morgan fingerprint density at radius 2 is 1.86 bits per heavy atom. The highest BCUT2D eigenvalue weighted by atomic mass is 32.1. The van der Waals surface area contributed by atoms with E-state index in [1.54, 1.807) is 11.3 Å². The molecule has 0 saturated carbocycles. The van der Waals surface area contributed by atoms with Crippen LogP contribution in [0.3, 0.4) is 0 Å². The molecular weight excluding hydrogens is 188 g/mol. The largest absolute Gasteiger partial charge is 0.147 e. The summed E-state index contributed by atoms with van der Waals surface area (Å²) in [6.45, 7) is 0. The van der Waals surface area contributed by atoms with E-state index >= 15 is 0 Å². The maximum atomic E-state index is 5.55. The summed E-state index contributed by atoms with van der Waals surface area (Å²) in [5, 5.41) is 2.06. The van der Waals surface area contributed by atoms with Crippen LogP contribution in [0.15, 0.2) is 47.8 Å². The van der Waals surface area contributed by atoms with Crippen LogP contribution in [0.25, 0.3) is 0 Å². The van der Waals surface area contributed by atoms with Crippen LogP contribution in [-0.2, 0) is 0 Å². The van der Waals surface area contributed by atoms with Crippen LogP contribution in [-0.4, -0.2) is 0 Å². The SMILES string of the molecule is C#CC(c1ccccc1)c1cccs1. The molecule has 0 fully saturated rings. The van der Waals surface area contributed by atoms with Gasteiger partial charge in [-0.2, -0.15) is 0 Å². The highest BCUT2D eigenvalue weighted by Gasteiger charge is 2.10. The number of terminal acetylenes is 1. The molecule has 0 spiro atoms. The van der Waals surface area contributed by atoms with E-state index in [1.807, 2.05) is 24.3 Å². The van der Waals surface area contributed by atoms with Crippen molar-refractivity contribution in [2.24, 2.45) is 0 Å². The second-order valence-electron chi connectivity index (χ2n) is 3.03. The topological polar surface area (TPSA) is 0 Å². The van der Waals surface area contributed by atoms with Gasteiger partial charge < -0.3 is 0 Å². The van der Waals surface area contributed by atoms with E-state index in [1.165, 1.54) is 10.4 Å². The van der Waals surface area contributed by atoms with Crippen molar-refractivity contribution < 1.29 is 0 Å². The van der Waals surface area contributed by atoms with Crippen LogP contribution in [0.5, 0.6) is 0 Å². The Kier molecular flexibility index (Phi) is 2.67. The quantitative estimate of drug-likeness (QED) is 0.648. The smallest absolute Gasteiger partial charge is 0.0792 e. The molecule has 1 heteroatoms. The van der Waals surface area contributed by atoms with E-state index in [4.69, 9.17) is 6.42 Å². The Hall–Kier alpha value is -1.52. The van der Waals surface area contributed by atoms with Crippen molar-refractivity contribution >= 4 is 11.3 Å². The number of hydrogen-bond acceptors (Lipinski definition) is 1. The van der Waals surface area contributed by atoms with E-state index in [-0.39, 0.29) is 5.92 Å². The molecule has 2 aromatic rings. The summed E-state index contributed by atoms with van der Waals surface area (Å²) in [5.41, 5.74) is 1.19. The molecule has 1 atom stereocenters. The number of benzene rings is 1. The van der Waals surface area contributed by atoms with Gasteiger partial charge in [-0.3, -0.25) is 0 Å². The summed E-state index contributed by atoms with van der Waals surface area (Å²) < 4.78 is 0. The molecule has 0 aliphatic carbocycles. The zero-order valence-electron chi connectivity index (χ0n) is 7.68. The van der Waals surface area contributed by atoms with E-state index in [9.17, 15) is 0 Å². The summed E-state index contributed by atoms with van der Waals surface area (Å²) in [7, 11) is 0. The molecule has 0 N–H and O–H groups in total. The molecule has 0 aliphatic heterocycles. The first-order valence-corrected chi connectivity index (χ1v) is 5.34. The van der Waals surface area contributed by atoms with Crippen molar-refractivity contribution in [2.45, 2.75) is 5.92 Å². The second kappa shape index (κ2) is 4.13. The molecule has 0 amide bonds. The van der Waals surface area contributed by atoms with Gasteiger partial charge >= 0.3 is 0 Å². The fraction of sp³-hybridized carbons (Fsp3) is 0.0769. The van der Waals surface area contributed by atoms with Gasteiger partial charge in [0.2, 0.25) is 0 Å². The Balaban J connectivity index is 2.38. The molecule has 1 unspecified atom stereocenters. The molecule has 68 valence electrons. The van der Waals surface area contributed by atoms with E-state index in [0.29, 0.717) is 0 Å². The highest BCUT2D eigenvalue weighted by Crippen LogP contribution is 2.27. The molecule has 1 aromatic heterocycles. The first kappa shape index (κ1) is 9.05. The van der Waals surface area contributed by atoms with Crippen molar-refractivity contribution in [3.8, 4) is 12.3 Å². The number of thiophene rings is 1. The molecule has 14 heavy (non-hydrogen) atoms.